The molecule has 0 radical (unpaired) electrons. The van der Waals surface area contributed by atoms with Gasteiger partial charge in [-0.15, -0.1) is 0 Å². The normalized spacial score (nSPS) is 14.9. The van der Waals surface area contributed by atoms with E-state index in [-0.39, 0.29) is 11.4 Å². The fraction of sp³-hybridized carbons (Fsp3) is 0.385. The van der Waals surface area contributed by atoms with Crippen molar-refractivity contribution in [3.05, 3.63) is 75.6 Å². The van der Waals surface area contributed by atoms with E-state index in [0.29, 0.717) is 12.5 Å². The van der Waals surface area contributed by atoms with Crippen LogP contribution >= 0.6 is 0 Å². The van der Waals surface area contributed by atoms with Gasteiger partial charge < -0.3 is 15.2 Å². The molecule has 0 spiro atoms. The Balaban J connectivity index is 1.50. The lowest BCUT2D eigenvalue weighted by atomic mass is 9.99. The second kappa shape index (κ2) is 9.17. The first kappa shape index (κ1) is 22.1. The van der Waals surface area contributed by atoms with Crippen molar-refractivity contribution in [2.24, 2.45) is 18.7 Å². The van der Waals surface area contributed by atoms with Gasteiger partial charge in [-0.05, 0) is 47.6 Å². The molecule has 1 aromatic heterocycles. The molecule has 1 aliphatic heterocycles. The Morgan fingerprint density at radius 2 is 1.78 bits per heavy atom. The van der Waals surface area contributed by atoms with Gasteiger partial charge in [0.1, 0.15) is 5.84 Å². The number of rotatable bonds is 6. The summed E-state index contributed by atoms with van der Waals surface area (Å²) in [6.07, 6.45) is 1.01. The molecule has 1 saturated heterocycles. The number of hydrogen-bond donors (Lipinski definition) is 2. The van der Waals surface area contributed by atoms with Gasteiger partial charge in [0.05, 0.1) is 5.52 Å². The molecule has 0 aliphatic carbocycles. The molecule has 3 N–H and O–H groups in total. The number of fused-ring (bicyclic) bond motifs is 1. The molecule has 4 rings (SSSR count). The molecular formula is C26H33N5O. The molecule has 0 bridgehead atoms. The second-order valence-corrected chi connectivity index (χ2v) is 9.22. The van der Waals surface area contributed by atoms with E-state index < -0.39 is 0 Å². The highest BCUT2D eigenvalue weighted by Gasteiger charge is 2.22. The van der Waals surface area contributed by atoms with Crippen LogP contribution in [0.15, 0.2) is 53.3 Å². The van der Waals surface area contributed by atoms with Crippen molar-refractivity contribution in [2.75, 3.05) is 31.1 Å². The molecule has 0 saturated carbocycles. The molecular weight excluding hydrogens is 398 g/mol. The number of nitrogen functional groups attached to an aromatic ring is 1. The van der Waals surface area contributed by atoms with Crippen LogP contribution in [0.3, 0.4) is 0 Å². The molecule has 1 fully saturated rings. The molecule has 6 nitrogen and oxygen atoms in total. The number of nitrogens with zero attached hydrogens (tertiary/aromatic N) is 3. The molecule has 6 heteroatoms. The van der Waals surface area contributed by atoms with Crippen LogP contribution in [0.4, 0.5) is 5.69 Å². The topological polar surface area (TPSA) is 78.4 Å². The van der Waals surface area contributed by atoms with E-state index in [1.165, 1.54) is 5.56 Å². The Labute approximate surface area is 189 Å². The second-order valence-electron chi connectivity index (χ2n) is 9.22. The summed E-state index contributed by atoms with van der Waals surface area (Å²) >= 11 is 0. The standard InChI is InChI=1S/C26H33N5O/c1-18(2)14-19-8-9-22(25(27)28)24(15-19)31-12-10-30(11-13-31)17-21-16-20-6-4-5-7-23(20)29(3)26(21)32/h4-9,15-16,18H,10-14,17H2,1-3H3,(H3,27,28). The van der Waals surface area contributed by atoms with Gasteiger partial charge in [-0.3, -0.25) is 15.1 Å². The number of nitrogens with two attached hydrogens (primary N) is 1. The third kappa shape index (κ3) is 4.55. The van der Waals surface area contributed by atoms with Crippen LogP contribution in [0.2, 0.25) is 0 Å². The van der Waals surface area contributed by atoms with Crippen LogP contribution in [0.25, 0.3) is 10.9 Å². The summed E-state index contributed by atoms with van der Waals surface area (Å²) in [6, 6.07) is 16.3. The Kier molecular flexibility index (Phi) is 6.33. The smallest absolute Gasteiger partial charge is 0.255 e. The monoisotopic (exact) mass is 431 g/mol. The summed E-state index contributed by atoms with van der Waals surface area (Å²) in [6.45, 7) is 8.50. The molecule has 0 unspecified atom stereocenters. The van der Waals surface area contributed by atoms with Crippen LogP contribution < -0.4 is 16.2 Å². The van der Waals surface area contributed by atoms with Crippen LogP contribution in [0.1, 0.15) is 30.5 Å². The molecule has 3 aromatic rings. The zero-order valence-electron chi connectivity index (χ0n) is 19.3. The fourth-order valence-corrected chi connectivity index (χ4v) is 4.66. The largest absolute Gasteiger partial charge is 0.384 e. The van der Waals surface area contributed by atoms with Crippen molar-refractivity contribution >= 4 is 22.4 Å². The minimum absolute atomic E-state index is 0.0754. The summed E-state index contributed by atoms with van der Waals surface area (Å²) in [5, 5.41) is 9.10. The molecule has 0 amide bonds. The van der Waals surface area contributed by atoms with Crippen molar-refractivity contribution in [2.45, 2.75) is 26.8 Å². The van der Waals surface area contributed by atoms with Crippen LogP contribution in [-0.4, -0.2) is 41.5 Å². The highest BCUT2D eigenvalue weighted by atomic mass is 16.1. The maximum Gasteiger partial charge on any atom is 0.255 e. The summed E-state index contributed by atoms with van der Waals surface area (Å²) < 4.78 is 1.75. The maximum absolute atomic E-state index is 12.9. The lowest BCUT2D eigenvalue weighted by Crippen LogP contribution is -2.47. The minimum atomic E-state index is 0.0754. The van der Waals surface area contributed by atoms with E-state index in [9.17, 15) is 4.79 Å². The zero-order chi connectivity index (χ0) is 22.8. The molecule has 32 heavy (non-hydrogen) atoms. The number of piperazine rings is 1. The molecule has 2 aromatic carbocycles. The summed E-state index contributed by atoms with van der Waals surface area (Å²) in [4.78, 5) is 17.5. The van der Waals surface area contributed by atoms with Gasteiger partial charge in [-0.2, -0.15) is 0 Å². The lowest BCUT2D eigenvalue weighted by molar-refractivity contribution is 0.248. The lowest BCUT2D eigenvalue weighted by Gasteiger charge is -2.37. The number of aryl methyl sites for hydroxylation is 1. The predicted molar refractivity (Wildman–Crippen MR) is 133 cm³/mol. The highest BCUT2D eigenvalue weighted by molar-refractivity contribution is 6.00. The fourth-order valence-electron chi connectivity index (χ4n) is 4.66. The number of hydrogen-bond acceptors (Lipinski definition) is 4. The van der Waals surface area contributed by atoms with Crippen molar-refractivity contribution in [1.29, 1.82) is 5.41 Å². The quantitative estimate of drug-likeness (QED) is 0.463. The Morgan fingerprint density at radius 1 is 1.06 bits per heavy atom. The van der Waals surface area contributed by atoms with Crippen molar-refractivity contribution < 1.29 is 0 Å². The van der Waals surface area contributed by atoms with E-state index >= 15 is 0 Å². The van der Waals surface area contributed by atoms with E-state index in [1.807, 2.05) is 37.4 Å². The van der Waals surface area contributed by atoms with Crippen LogP contribution in [-0.2, 0) is 20.0 Å². The predicted octanol–water partition coefficient (Wildman–Crippen LogP) is 3.34. The van der Waals surface area contributed by atoms with Gasteiger partial charge in [-0.1, -0.05) is 38.1 Å². The Bertz CT molecular complexity index is 1190. The van der Waals surface area contributed by atoms with Gasteiger partial charge in [0.15, 0.2) is 0 Å². The van der Waals surface area contributed by atoms with Gasteiger partial charge in [0.25, 0.3) is 5.56 Å². The minimum Gasteiger partial charge on any atom is -0.384 e. The summed E-state index contributed by atoms with van der Waals surface area (Å²) in [7, 11) is 1.85. The number of anilines is 1. The summed E-state index contributed by atoms with van der Waals surface area (Å²) in [5.41, 5.74) is 10.9. The Hall–Kier alpha value is -3.12. The Morgan fingerprint density at radius 3 is 2.47 bits per heavy atom. The first-order chi connectivity index (χ1) is 15.3. The van der Waals surface area contributed by atoms with Crippen LogP contribution in [0, 0.1) is 11.3 Å². The third-order valence-electron chi connectivity index (χ3n) is 6.31. The average Bonchev–Trinajstić information content (AvgIpc) is 2.77. The number of para-hydroxylation sites is 1. The van der Waals surface area contributed by atoms with Gasteiger partial charge in [0, 0.05) is 56.6 Å². The van der Waals surface area contributed by atoms with E-state index in [4.69, 9.17) is 11.1 Å². The van der Waals surface area contributed by atoms with Gasteiger partial charge >= 0.3 is 0 Å². The maximum atomic E-state index is 12.9. The number of aromatic nitrogens is 1. The molecule has 0 atom stereocenters. The number of amidine groups is 1. The van der Waals surface area contributed by atoms with Crippen molar-refractivity contribution in [3.63, 3.8) is 0 Å². The molecule has 1 aliphatic rings. The first-order valence-corrected chi connectivity index (χ1v) is 11.4. The van der Waals surface area contributed by atoms with E-state index in [2.05, 4.69) is 41.8 Å². The van der Waals surface area contributed by atoms with Gasteiger partial charge in [0.2, 0.25) is 0 Å². The average molecular weight is 432 g/mol. The van der Waals surface area contributed by atoms with Gasteiger partial charge in [-0.25, -0.2) is 0 Å². The van der Waals surface area contributed by atoms with Crippen molar-refractivity contribution in [3.8, 4) is 0 Å². The SMILES string of the molecule is CC(C)Cc1ccc(C(=N)N)c(N2CCN(Cc3cc4ccccc4n(C)c3=O)CC2)c1. The van der Waals surface area contributed by atoms with E-state index in [1.54, 1.807) is 4.57 Å². The molecule has 2 heterocycles. The summed E-state index contributed by atoms with van der Waals surface area (Å²) in [5.74, 6) is 0.686. The molecule has 168 valence electrons. The van der Waals surface area contributed by atoms with Crippen LogP contribution in [0.5, 0.6) is 0 Å². The first-order valence-electron chi connectivity index (χ1n) is 11.4. The number of nitrogens with one attached hydrogen (secondary N) is 1. The number of benzene rings is 2. The zero-order valence-corrected chi connectivity index (χ0v) is 19.3. The van der Waals surface area contributed by atoms with E-state index in [0.717, 1.165) is 60.3 Å². The number of pyridine rings is 1. The third-order valence-corrected chi connectivity index (χ3v) is 6.31. The highest BCUT2D eigenvalue weighted by Crippen LogP contribution is 2.25. The van der Waals surface area contributed by atoms with Crippen molar-refractivity contribution in [1.82, 2.24) is 9.47 Å².